The average molecular weight is 1010 g/mol. The largest absolute Gasteiger partial charge is 0.462 e. The van der Waals surface area contributed by atoms with Gasteiger partial charge in [-0.05, 0) is 70.6 Å². The van der Waals surface area contributed by atoms with Crippen LogP contribution in [0.1, 0.15) is 348 Å². The summed E-state index contributed by atoms with van der Waals surface area (Å²) in [5.74, 6) is -0.854. The molecule has 0 bridgehead atoms. The van der Waals surface area contributed by atoms with E-state index in [1.54, 1.807) is 0 Å². The predicted molar refractivity (Wildman–Crippen MR) is 312 cm³/mol. The summed E-state index contributed by atoms with van der Waals surface area (Å²) < 4.78 is 17.0. The van der Waals surface area contributed by atoms with Crippen LogP contribution in [0.25, 0.3) is 0 Å². The molecule has 0 aliphatic rings. The van der Waals surface area contributed by atoms with Gasteiger partial charge in [0.15, 0.2) is 6.10 Å². The van der Waals surface area contributed by atoms with Gasteiger partial charge in [-0.15, -0.1) is 0 Å². The number of hydrogen-bond acceptors (Lipinski definition) is 6. The summed E-state index contributed by atoms with van der Waals surface area (Å²) in [7, 11) is 0. The van der Waals surface area contributed by atoms with Crippen LogP contribution in [0.4, 0.5) is 0 Å². The van der Waals surface area contributed by atoms with Crippen molar-refractivity contribution in [2.45, 2.75) is 354 Å². The number of hydrogen-bond donors (Lipinski definition) is 0. The van der Waals surface area contributed by atoms with Crippen molar-refractivity contribution in [3.8, 4) is 0 Å². The number of carbonyl (C=O) groups is 3. The fourth-order valence-corrected chi connectivity index (χ4v) is 9.55. The van der Waals surface area contributed by atoms with Gasteiger partial charge in [0.1, 0.15) is 13.2 Å². The molecule has 422 valence electrons. The summed E-state index contributed by atoms with van der Waals surface area (Å²) in [5, 5.41) is 0. The molecule has 0 aliphatic carbocycles. The van der Waals surface area contributed by atoms with Crippen molar-refractivity contribution in [1.29, 1.82) is 0 Å². The molecule has 72 heavy (non-hydrogen) atoms. The molecule has 0 aliphatic heterocycles. The molecular formula is C66H122O6. The molecule has 0 fully saturated rings. The molecule has 0 aromatic rings. The molecular weight excluding hydrogens is 889 g/mol. The number of ether oxygens (including phenoxy) is 3. The highest BCUT2D eigenvalue weighted by Crippen LogP contribution is 2.17. The van der Waals surface area contributed by atoms with Crippen LogP contribution in [0.5, 0.6) is 0 Å². The monoisotopic (exact) mass is 1010 g/mol. The van der Waals surface area contributed by atoms with Crippen LogP contribution in [-0.2, 0) is 28.6 Å². The van der Waals surface area contributed by atoms with E-state index in [1.165, 1.54) is 250 Å². The lowest BCUT2D eigenvalue weighted by Gasteiger charge is -2.18. The van der Waals surface area contributed by atoms with Gasteiger partial charge >= 0.3 is 17.9 Å². The lowest BCUT2D eigenvalue weighted by Crippen LogP contribution is -2.30. The third kappa shape index (κ3) is 58.5. The molecule has 0 radical (unpaired) electrons. The van der Waals surface area contributed by atoms with Crippen molar-refractivity contribution in [2.75, 3.05) is 13.2 Å². The standard InChI is InChI=1S/C66H122O6/c1-4-7-10-13-16-19-22-25-28-31-33-36-38-41-44-47-50-53-56-59-65(68)71-62-63(61-70-64(67)58-55-52-49-46-43-40-37-34-30-27-24-21-18-15-12-9-6-3)72-66(69)60-57-54-51-48-45-42-39-35-32-29-26-23-20-17-14-11-8-5-2/h16,19,22,25,27,30,63H,4-15,17-18,20-21,23-24,26,28-29,31-62H2,1-3H3/b19-16-,25-22-,30-27-. The molecule has 0 N–H and O–H groups in total. The van der Waals surface area contributed by atoms with Crippen molar-refractivity contribution in [2.24, 2.45) is 0 Å². The molecule has 0 rings (SSSR count). The van der Waals surface area contributed by atoms with Gasteiger partial charge < -0.3 is 14.2 Å². The van der Waals surface area contributed by atoms with E-state index in [1.807, 2.05) is 0 Å². The van der Waals surface area contributed by atoms with E-state index in [-0.39, 0.29) is 31.1 Å². The Morgan fingerprint density at radius 2 is 0.500 bits per heavy atom. The van der Waals surface area contributed by atoms with E-state index in [4.69, 9.17) is 14.2 Å². The Balaban J connectivity index is 4.34. The second kappa shape index (κ2) is 61.2. The number of carbonyl (C=O) groups excluding carboxylic acids is 3. The molecule has 0 heterocycles. The highest BCUT2D eigenvalue weighted by atomic mass is 16.6. The van der Waals surface area contributed by atoms with Gasteiger partial charge in [0.2, 0.25) is 0 Å². The Labute approximate surface area is 448 Å². The Hall–Kier alpha value is -2.37. The number of rotatable bonds is 59. The van der Waals surface area contributed by atoms with Crippen LogP contribution in [0.2, 0.25) is 0 Å². The van der Waals surface area contributed by atoms with Gasteiger partial charge in [0.25, 0.3) is 0 Å². The van der Waals surface area contributed by atoms with E-state index in [2.05, 4.69) is 57.2 Å². The van der Waals surface area contributed by atoms with Gasteiger partial charge in [0.05, 0.1) is 0 Å². The van der Waals surface area contributed by atoms with Crippen LogP contribution < -0.4 is 0 Å². The molecule has 0 saturated carbocycles. The molecule has 6 heteroatoms. The molecule has 0 aromatic heterocycles. The Morgan fingerprint density at radius 3 is 0.806 bits per heavy atom. The van der Waals surface area contributed by atoms with E-state index >= 15 is 0 Å². The predicted octanol–water partition coefficient (Wildman–Crippen LogP) is 21.6. The third-order valence-corrected chi connectivity index (χ3v) is 14.4. The molecule has 0 spiro atoms. The minimum Gasteiger partial charge on any atom is -0.462 e. The maximum atomic E-state index is 12.9. The highest BCUT2D eigenvalue weighted by molar-refractivity contribution is 5.71. The average Bonchev–Trinajstić information content (AvgIpc) is 3.38. The fourth-order valence-electron chi connectivity index (χ4n) is 9.55. The van der Waals surface area contributed by atoms with Crippen molar-refractivity contribution in [3.63, 3.8) is 0 Å². The van der Waals surface area contributed by atoms with Gasteiger partial charge in [-0.2, -0.15) is 0 Å². The first-order valence-corrected chi connectivity index (χ1v) is 32.0. The second-order valence-electron chi connectivity index (χ2n) is 21.7. The SMILES string of the molecule is CCCCC/C=C\C=C/CCCCCCCCCCCCC(=O)OCC(COC(=O)CCCCCCCCC/C=C\CCCCCCCC)OC(=O)CCCCCCCCCCCCCCCCCCCC. The molecule has 0 saturated heterocycles. The number of unbranched alkanes of at least 4 members (excludes halogenated alkanes) is 43. The number of esters is 3. The van der Waals surface area contributed by atoms with E-state index in [0.717, 1.165) is 57.8 Å². The minimum atomic E-state index is -0.773. The van der Waals surface area contributed by atoms with Crippen LogP contribution >= 0.6 is 0 Å². The van der Waals surface area contributed by atoms with E-state index < -0.39 is 6.10 Å². The third-order valence-electron chi connectivity index (χ3n) is 14.4. The summed E-state index contributed by atoms with van der Waals surface area (Å²) >= 11 is 0. The zero-order valence-electron chi connectivity index (χ0n) is 48.5. The van der Waals surface area contributed by atoms with Crippen LogP contribution in [0.15, 0.2) is 36.5 Å². The topological polar surface area (TPSA) is 78.9 Å². The second-order valence-corrected chi connectivity index (χ2v) is 21.7. The van der Waals surface area contributed by atoms with E-state index in [9.17, 15) is 14.4 Å². The van der Waals surface area contributed by atoms with Crippen molar-refractivity contribution in [1.82, 2.24) is 0 Å². The van der Waals surface area contributed by atoms with Crippen molar-refractivity contribution < 1.29 is 28.6 Å². The Bertz CT molecular complexity index is 1210. The minimum absolute atomic E-state index is 0.0711. The lowest BCUT2D eigenvalue weighted by molar-refractivity contribution is -0.167. The van der Waals surface area contributed by atoms with Crippen molar-refractivity contribution >= 4 is 17.9 Å². The highest BCUT2D eigenvalue weighted by Gasteiger charge is 2.19. The molecule has 1 unspecified atom stereocenters. The normalized spacial score (nSPS) is 12.2. The summed E-state index contributed by atoms with van der Waals surface area (Å²) in [6, 6.07) is 0. The number of allylic oxidation sites excluding steroid dienone is 6. The lowest BCUT2D eigenvalue weighted by atomic mass is 10.0. The van der Waals surface area contributed by atoms with Gasteiger partial charge in [0, 0.05) is 19.3 Å². The summed E-state index contributed by atoms with van der Waals surface area (Å²) in [4.78, 5) is 38.3. The molecule has 6 nitrogen and oxygen atoms in total. The maximum absolute atomic E-state index is 12.9. The first-order valence-electron chi connectivity index (χ1n) is 32.0. The first kappa shape index (κ1) is 69.6. The first-order chi connectivity index (χ1) is 35.5. The van der Waals surface area contributed by atoms with E-state index in [0.29, 0.717) is 19.3 Å². The zero-order chi connectivity index (χ0) is 52.2. The van der Waals surface area contributed by atoms with Crippen molar-refractivity contribution in [3.05, 3.63) is 36.5 Å². The van der Waals surface area contributed by atoms with Gasteiger partial charge in [-0.25, -0.2) is 0 Å². The molecule has 0 amide bonds. The van der Waals surface area contributed by atoms with Gasteiger partial charge in [-0.1, -0.05) is 295 Å². The molecule has 1 atom stereocenters. The van der Waals surface area contributed by atoms with Crippen LogP contribution in [-0.4, -0.2) is 37.2 Å². The smallest absolute Gasteiger partial charge is 0.306 e. The Kier molecular flexibility index (Phi) is 59.2. The van der Waals surface area contributed by atoms with Gasteiger partial charge in [-0.3, -0.25) is 14.4 Å². The zero-order valence-corrected chi connectivity index (χ0v) is 48.5. The summed E-state index contributed by atoms with van der Waals surface area (Å²) in [6.45, 7) is 6.66. The summed E-state index contributed by atoms with van der Waals surface area (Å²) in [5.41, 5.74) is 0. The van der Waals surface area contributed by atoms with Crippen LogP contribution in [0, 0.1) is 0 Å². The fraction of sp³-hybridized carbons (Fsp3) is 0.864. The molecule has 0 aromatic carbocycles. The van der Waals surface area contributed by atoms with Crippen LogP contribution in [0.3, 0.4) is 0 Å². The quantitative estimate of drug-likeness (QED) is 0.0199. The summed E-state index contributed by atoms with van der Waals surface area (Å²) in [6.07, 6.45) is 74.2. The Morgan fingerprint density at radius 1 is 0.278 bits per heavy atom. The maximum Gasteiger partial charge on any atom is 0.306 e.